The summed E-state index contributed by atoms with van der Waals surface area (Å²) in [7, 11) is 0. The maximum absolute atomic E-state index is 12.3. The van der Waals surface area contributed by atoms with E-state index in [1.54, 1.807) is 12.4 Å². The summed E-state index contributed by atoms with van der Waals surface area (Å²) < 4.78 is 5.55. The highest BCUT2D eigenvalue weighted by atomic mass is 16.5. The smallest absolute Gasteiger partial charge is 0.252 e. The van der Waals surface area contributed by atoms with Crippen molar-refractivity contribution in [2.45, 2.75) is 38.3 Å². The van der Waals surface area contributed by atoms with Crippen LogP contribution in [0.4, 0.5) is 0 Å². The van der Waals surface area contributed by atoms with Gasteiger partial charge in [-0.15, -0.1) is 0 Å². The third-order valence-corrected chi connectivity index (χ3v) is 3.88. The molecule has 1 aliphatic heterocycles. The molecule has 1 amide bonds. The number of aromatic amines is 1. The molecule has 0 spiro atoms. The number of amides is 1. The number of carbonyl (C=O) groups is 1. The van der Waals surface area contributed by atoms with Gasteiger partial charge >= 0.3 is 0 Å². The number of nitrogens with one attached hydrogen (secondary N) is 2. The molecule has 1 fully saturated rings. The molecule has 1 saturated heterocycles. The van der Waals surface area contributed by atoms with Gasteiger partial charge in [-0.1, -0.05) is 0 Å². The molecule has 0 radical (unpaired) electrons. The van der Waals surface area contributed by atoms with Gasteiger partial charge in [0.25, 0.3) is 5.91 Å². The Bertz CT molecular complexity index is 649. The number of ether oxygens (including phenoxy) is 1. The van der Waals surface area contributed by atoms with Crippen LogP contribution in [0.1, 0.15) is 38.6 Å². The van der Waals surface area contributed by atoms with Gasteiger partial charge in [0.15, 0.2) is 5.82 Å². The molecular formula is C15H19N5O2. The van der Waals surface area contributed by atoms with Crippen LogP contribution in [0.5, 0.6) is 0 Å². The van der Waals surface area contributed by atoms with Crippen molar-refractivity contribution < 1.29 is 9.53 Å². The second kappa shape index (κ2) is 5.84. The number of H-pyrrole nitrogens is 1. The first-order valence-electron chi connectivity index (χ1n) is 7.36. The Hall–Kier alpha value is -2.28. The molecule has 0 aliphatic carbocycles. The molecule has 7 heteroatoms. The predicted molar refractivity (Wildman–Crippen MR) is 79.8 cm³/mol. The lowest BCUT2D eigenvalue weighted by molar-refractivity contribution is -0.140. The Morgan fingerprint density at radius 3 is 3.09 bits per heavy atom. The Labute approximate surface area is 128 Å². The van der Waals surface area contributed by atoms with Gasteiger partial charge in [-0.25, -0.2) is 4.98 Å². The summed E-state index contributed by atoms with van der Waals surface area (Å²) in [6.07, 6.45) is 5.04. The van der Waals surface area contributed by atoms with Crippen molar-refractivity contribution in [2.75, 3.05) is 6.61 Å². The Morgan fingerprint density at radius 1 is 1.55 bits per heavy atom. The average Bonchev–Trinajstić information content (AvgIpc) is 3.18. The summed E-state index contributed by atoms with van der Waals surface area (Å²) in [4.78, 5) is 20.8. The lowest BCUT2D eigenvalue weighted by Crippen LogP contribution is -2.45. The molecule has 116 valence electrons. The number of carbonyl (C=O) groups excluding carboxylic acids is 1. The number of nitrogens with zero attached hydrogens (tertiary/aromatic N) is 3. The zero-order valence-corrected chi connectivity index (χ0v) is 12.7. The fraction of sp³-hybridized carbons (Fsp3) is 0.467. The van der Waals surface area contributed by atoms with Crippen LogP contribution in [0, 0.1) is 0 Å². The monoisotopic (exact) mass is 301 g/mol. The Kier molecular flexibility index (Phi) is 3.89. The third kappa shape index (κ3) is 2.85. The SMILES string of the molecule is CC(NC(=O)C1(C)CCCO1)c1nc(-c2cccnc2)n[nH]1. The van der Waals surface area contributed by atoms with Gasteiger partial charge in [0.1, 0.15) is 11.4 Å². The van der Waals surface area contributed by atoms with Crippen molar-refractivity contribution in [3.05, 3.63) is 30.4 Å². The first-order valence-corrected chi connectivity index (χ1v) is 7.36. The number of pyridine rings is 1. The average molecular weight is 301 g/mol. The highest BCUT2D eigenvalue weighted by Gasteiger charge is 2.38. The summed E-state index contributed by atoms with van der Waals surface area (Å²) in [6.45, 7) is 4.32. The van der Waals surface area contributed by atoms with Crippen LogP contribution in [-0.4, -0.2) is 38.3 Å². The van der Waals surface area contributed by atoms with Gasteiger partial charge < -0.3 is 10.1 Å². The van der Waals surface area contributed by atoms with Gasteiger partial charge in [-0.3, -0.25) is 14.9 Å². The second-order valence-electron chi connectivity index (χ2n) is 5.66. The Balaban J connectivity index is 1.69. The van der Waals surface area contributed by atoms with E-state index in [0.717, 1.165) is 18.4 Å². The molecule has 0 saturated carbocycles. The van der Waals surface area contributed by atoms with Crippen molar-refractivity contribution in [2.24, 2.45) is 0 Å². The maximum atomic E-state index is 12.3. The standard InChI is InChI=1S/C15H19N5O2/c1-10(17-14(21)15(2)6-4-8-22-15)12-18-13(20-19-12)11-5-3-7-16-9-11/h3,5,7,9-10H,4,6,8H2,1-2H3,(H,17,21)(H,18,19,20). The van der Waals surface area contributed by atoms with E-state index >= 15 is 0 Å². The van der Waals surface area contributed by atoms with Crippen molar-refractivity contribution in [1.29, 1.82) is 0 Å². The van der Waals surface area contributed by atoms with E-state index in [2.05, 4.69) is 25.5 Å². The van der Waals surface area contributed by atoms with E-state index in [1.165, 1.54) is 0 Å². The quantitative estimate of drug-likeness (QED) is 0.895. The first kappa shape index (κ1) is 14.6. The van der Waals surface area contributed by atoms with Crippen molar-refractivity contribution in [3.63, 3.8) is 0 Å². The molecule has 2 unspecified atom stereocenters. The summed E-state index contributed by atoms with van der Waals surface area (Å²) in [6, 6.07) is 3.44. The molecule has 7 nitrogen and oxygen atoms in total. The summed E-state index contributed by atoms with van der Waals surface area (Å²) in [5, 5.41) is 9.97. The van der Waals surface area contributed by atoms with Crippen LogP contribution < -0.4 is 5.32 Å². The minimum Gasteiger partial charge on any atom is -0.365 e. The molecule has 0 bridgehead atoms. The van der Waals surface area contributed by atoms with E-state index in [-0.39, 0.29) is 11.9 Å². The highest BCUT2D eigenvalue weighted by Crippen LogP contribution is 2.26. The van der Waals surface area contributed by atoms with Crippen LogP contribution >= 0.6 is 0 Å². The molecule has 2 atom stereocenters. The lowest BCUT2D eigenvalue weighted by Gasteiger charge is -2.23. The number of rotatable bonds is 4. The molecule has 0 aromatic carbocycles. The first-order chi connectivity index (χ1) is 10.6. The van der Waals surface area contributed by atoms with Crippen LogP contribution in [0.3, 0.4) is 0 Å². The Morgan fingerprint density at radius 2 is 2.41 bits per heavy atom. The summed E-state index contributed by atoms with van der Waals surface area (Å²) >= 11 is 0. The van der Waals surface area contributed by atoms with E-state index in [9.17, 15) is 4.79 Å². The van der Waals surface area contributed by atoms with Crippen LogP contribution in [0.25, 0.3) is 11.4 Å². The number of hydrogen-bond donors (Lipinski definition) is 2. The topological polar surface area (TPSA) is 92.8 Å². The number of aromatic nitrogens is 4. The van der Waals surface area contributed by atoms with Crippen LogP contribution in [0.2, 0.25) is 0 Å². The van der Waals surface area contributed by atoms with Gasteiger partial charge in [0.2, 0.25) is 0 Å². The van der Waals surface area contributed by atoms with E-state index in [1.807, 2.05) is 26.0 Å². The largest absolute Gasteiger partial charge is 0.365 e. The van der Waals surface area contributed by atoms with Crippen molar-refractivity contribution in [3.8, 4) is 11.4 Å². The van der Waals surface area contributed by atoms with Gasteiger partial charge in [0, 0.05) is 24.6 Å². The molecule has 2 aromatic heterocycles. The molecular weight excluding hydrogens is 282 g/mol. The van der Waals surface area contributed by atoms with Gasteiger partial charge in [-0.2, -0.15) is 5.10 Å². The van der Waals surface area contributed by atoms with Crippen molar-refractivity contribution in [1.82, 2.24) is 25.5 Å². The molecule has 1 aliphatic rings. The molecule has 3 heterocycles. The molecule has 2 aromatic rings. The van der Waals surface area contributed by atoms with Gasteiger partial charge in [0.05, 0.1) is 6.04 Å². The summed E-state index contributed by atoms with van der Waals surface area (Å²) in [5.41, 5.74) is 0.0927. The zero-order chi connectivity index (χ0) is 15.6. The van der Waals surface area contributed by atoms with E-state index in [0.29, 0.717) is 18.3 Å². The predicted octanol–water partition coefficient (Wildman–Crippen LogP) is 1.61. The van der Waals surface area contributed by atoms with Crippen molar-refractivity contribution >= 4 is 5.91 Å². The zero-order valence-electron chi connectivity index (χ0n) is 12.7. The molecule has 3 rings (SSSR count). The second-order valence-corrected chi connectivity index (χ2v) is 5.66. The number of hydrogen-bond acceptors (Lipinski definition) is 5. The fourth-order valence-electron chi connectivity index (χ4n) is 2.47. The minimum atomic E-state index is -0.736. The maximum Gasteiger partial charge on any atom is 0.252 e. The molecule has 22 heavy (non-hydrogen) atoms. The normalized spacial score (nSPS) is 22.5. The van der Waals surface area contributed by atoms with Crippen LogP contribution in [0.15, 0.2) is 24.5 Å². The third-order valence-electron chi connectivity index (χ3n) is 3.88. The van der Waals surface area contributed by atoms with E-state index < -0.39 is 5.60 Å². The van der Waals surface area contributed by atoms with Crippen LogP contribution in [-0.2, 0) is 9.53 Å². The minimum absolute atomic E-state index is 0.114. The lowest BCUT2D eigenvalue weighted by atomic mass is 10.0. The fourth-order valence-corrected chi connectivity index (χ4v) is 2.47. The summed E-state index contributed by atoms with van der Waals surface area (Å²) in [5.74, 6) is 1.05. The van der Waals surface area contributed by atoms with E-state index in [4.69, 9.17) is 4.74 Å². The van der Waals surface area contributed by atoms with Gasteiger partial charge in [-0.05, 0) is 38.8 Å². The highest BCUT2D eigenvalue weighted by molar-refractivity contribution is 5.85. The molecule has 2 N–H and O–H groups in total.